The lowest BCUT2D eigenvalue weighted by molar-refractivity contribution is 0.123. The molecule has 3 rings (SSSR count). The number of morpholine rings is 1. The van der Waals surface area contributed by atoms with Crippen molar-refractivity contribution < 1.29 is 4.74 Å². The van der Waals surface area contributed by atoms with E-state index in [1.165, 1.54) is 11.3 Å². The van der Waals surface area contributed by atoms with Gasteiger partial charge in [-0.05, 0) is 29.8 Å². The number of anilines is 2. The summed E-state index contributed by atoms with van der Waals surface area (Å²) in [6.45, 7) is 4.24. The van der Waals surface area contributed by atoms with E-state index in [0.29, 0.717) is 0 Å². The topological polar surface area (TPSA) is 24.5 Å². The van der Waals surface area contributed by atoms with Crippen LogP contribution in [0.1, 0.15) is 5.56 Å². The van der Waals surface area contributed by atoms with Gasteiger partial charge in [-0.15, -0.1) is 0 Å². The normalized spacial score (nSPS) is 15.0. The van der Waals surface area contributed by atoms with Crippen LogP contribution in [0.5, 0.6) is 0 Å². The summed E-state index contributed by atoms with van der Waals surface area (Å²) in [6, 6.07) is 16.4. The highest BCUT2D eigenvalue weighted by Gasteiger charge is 2.14. The Labute approximate surface area is 130 Å². The van der Waals surface area contributed by atoms with Crippen molar-refractivity contribution in [3.8, 4) is 0 Å². The summed E-state index contributed by atoms with van der Waals surface area (Å²) in [5, 5.41) is 4.29. The molecular formula is C17H19ClN2O. The van der Waals surface area contributed by atoms with Gasteiger partial charge in [0, 0.05) is 24.7 Å². The smallest absolute Gasteiger partial charge is 0.0642 e. The molecule has 4 heteroatoms. The van der Waals surface area contributed by atoms with Crippen LogP contribution in [-0.4, -0.2) is 26.3 Å². The van der Waals surface area contributed by atoms with Gasteiger partial charge in [-0.2, -0.15) is 0 Å². The Bertz CT molecular complexity index is 597. The summed E-state index contributed by atoms with van der Waals surface area (Å²) < 4.78 is 5.43. The molecule has 21 heavy (non-hydrogen) atoms. The first-order valence-electron chi connectivity index (χ1n) is 7.23. The summed E-state index contributed by atoms with van der Waals surface area (Å²) in [5.74, 6) is 0. The Morgan fingerprint density at radius 1 is 1.05 bits per heavy atom. The fraction of sp³-hybridized carbons (Fsp3) is 0.294. The van der Waals surface area contributed by atoms with Crippen molar-refractivity contribution in [1.82, 2.24) is 0 Å². The van der Waals surface area contributed by atoms with E-state index in [1.807, 2.05) is 18.2 Å². The predicted molar refractivity (Wildman–Crippen MR) is 88.3 cm³/mol. The maximum atomic E-state index is 6.03. The molecule has 0 unspecified atom stereocenters. The summed E-state index contributed by atoms with van der Waals surface area (Å²) in [7, 11) is 0. The Balaban J connectivity index is 1.73. The minimum absolute atomic E-state index is 0.766. The molecule has 110 valence electrons. The van der Waals surface area contributed by atoms with Crippen molar-refractivity contribution in [3.63, 3.8) is 0 Å². The number of para-hydroxylation sites is 2. The van der Waals surface area contributed by atoms with Gasteiger partial charge in [0.2, 0.25) is 0 Å². The Kier molecular flexibility index (Phi) is 4.63. The Morgan fingerprint density at radius 2 is 1.86 bits per heavy atom. The number of halogens is 1. The van der Waals surface area contributed by atoms with Gasteiger partial charge in [-0.1, -0.05) is 35.9 Å². The zero-order valence-corrected chi connectivity index (χ0v) is 12.6. The first-order valence-corrected chi connectivity index (χ1v) is 7.61. The van der Waals surface area contributed by atoms with E-state index >= 15 is 0 Å². The second-order valence-electron chi connectivity index (χ2n) is 5.10. The predicted octanol–water partition coefficient (Wildman–Crippen LogP) is 3.79. The van der Waals surface area contributed by atoms with Gasteiger partial charge in [0.25, 0.3) is 0 Å². The number of hydrogen-bond acceptors (Lipinski definition) is 3. The largest absolute Gasteiger partial charge is 0.379 e. The highest BCUT2D eigenvalue weighted by Crippen LogP contribution is 2.27. The monoisotopic (exact) mass is 302 g/mol. The molecule has 0 amide bonds. The molecule has 1 aliphatic heterocycles. The minimum atomic E-state index is 0.766. The standard InChI is InChI=1S/C17H19ClN2O/c18-15-5-3-4-14(12-15)13-19-16-6-1-2-7-17(16)20-8-10-21-11-9-20/h1-7,12,19H,8-11,13H2. The number of nitrogens with zero attached hydrogens (tertiary/aromatic N) is 1. The van der Waals surface area contributed by atoms with Crippen LogP contribution < -0.4 is 10.2 Å². The van der Waals surface area contributed by atoms with Crippen LogP contribution in [0.4, 0.5) is 11.4 Å². The summed E-state index contributed by atoms with van der Waals surface area (Å²) in [4.78, 5) is 2.36. The molecule has 1 heterocycles. The second-order valence-corrected chi connectivity index (χ2v) is 5.54. The van der Waals surface area contributed by atoms with E-state index in [4.69, 9.17) is 16.3 Å². The lowest BCUT2D eigenvalue weighted by Gasteiger charge is -2.30. The molecule has 1 N–H and O–H groups in total. The van der Waals surface area contributed by atoms with Crippen LogP contribution in [0, 0.1) is 0 Å². The summed E-state index contributed by atoms with van der Waals surface area (Å²) >= 11 is 6.03. The van der Waals surface area contributed by atoms with Gasteiger partial charge in [0.05, 0.1) is 24.6 Å². The molecule has 0 aliphatic carbocycles. The molecule has 0 saturated carbocycles. The molecule has 3 nitrogen and oxygen atoms in total. The Hall–Kier alpha value is -1.71. The first-order chi connectivity index (χ1) is 10.3. The number of hydrogen-bond donors (Lipinski definition) is 1. The third-order valence-electron chi connectivity index (χ3n) is 3.63. The van der Waals surface area contributed by atoms with Crippen molar-refractivity contribution in [1.29, 1.82) is 0 Å². The van der Waals surface area contributed by atoms with Crippen LogP contribution in [0.15, 0.2) is 48.5 Å². The third-order valence-corrected chi connectivity index (χ3v) is 3.86. The van der Waals surface area contributed by atoms with Gasteiger partial charge in [-0.25, -0.2) is 0 Å². The van der Waals surface area contributed by atoms with Gasteiger partial charge < -0.3 is 15.0 Å². The molecule has 2 aromatic carbocycles. The zero-order valence-electron chi connectivity index (χ0n) is 11.9. The quantitative estimate of drug-likeness (QED) is 0.930. The minimum Gasteiger partial charge on any atom is -0.379 e. The van der Waals surface area contributed by atoms with Crippen LogP contribution in [-0.2, 0) is 11.3 Å². The van der Waals surface area contributed by atoms with Gasteiger partial charge >= 0.3 is 0 Å². The molecular weight excluding hydrogens is 284 g/mol. The average Bonchev–Trinajstić information content (AvgIpc) is 2.54. The van der Waals surface area contributed by atoms with Crippen LogP contribution in [0.3, 0.4) is 0 Å². The van der Waals surface area contributed by atoms with Gasteiger partial charge in [-0.3, -0.25) is 0 Å². The molecule has 0 spiro atoms. The molecule has 0 aromatic heterocycles. The van der Waals surface area contributed by atoms with Gasteiger partial charge in [0.15, 0.2) is 0 Å². The number of ether oxygens (including phenoxy) is 1. The SMILES string of the molecule is Clc1cccc(CNc2ccccc2N2CCOCC2)c1. The van der Waals surface area contributed by atoms with E-state index in [2.05, 4.69) is 40.5 Å². The van der Waals surface area contributed by atoms with Crippen LogP contribution in [0.25, 0.3) is 0 Å². The summed E-state index contributed by atoms with van der Waals surface area (Å²) in [6.07, 6.45) is 0. The highest BCUT2D eigenvalue weighted by molar-refractivity contribution is 6.30. The molecule has 1 aliphatic rings. The highest BCUT2D eigenvalue weighted by atomic mass is 35.5. The molecule has 0 atom stereocenters. The van der Waals surface area contributed by atoms with Crippen molar-refractivity contribution >= 4 is 23.0 Å². The van der Waals surface area contributed by atoms with E-state index in [0.717, 1.165) is 43.6 Å². The fourth-order valence-corrected chi connectivity index (χ4v) is 2.76. The lowest BCUT2D eigenvalue weighted by Crippen LogP contribution is -2.36. The number of nitrogens with one attached hydrogen (secondary N) is 1. The molecule has 0 bridgehead atoms. The van der Waals surface area contributed by atoms with E-state index in [-0.39, 0.29) is 0 Å². The van der Waals surface area contributed by atoms with E-state index in [9.17, 15) is 0 Å². The van der Waals surface area contributed by atoms with E-state index in [1.54, 1.807) is 0 Å². The number of benzene rings is 2. The van der Waals surface area contributed by atoms with Crippen molar-refractivity contribution in [3.05, 3.63) is 59.1 Å². The molecule has 1 fully saturated rings. The molecule has 1 saturated heterocycles. The average molecular weight is 303 g/mol. The lowest BCUT2D eigenvalue weighted by atomic mass is 10.2. The maximum absolute atomic E-state index is 6.03. The fourth-order valence-electron chi connectivity index (χ4n) is 2.55. The Morgan fingerprint density at radius 3 is 2.67 bits per heavy atom. The molecule has 0 radical (unpaired) electrons. The van der Waals surface area contributed by atoms with Crippen molar-refractivity contribution in [2.24, 2.45) is 0 Å². The van der Waals surface area contributed by atoms with Crippen LogP contribution >= 0.6 is 11.6 Å². The second kappa shape index (κ2) is 6.83. The van der Waals surface area contributed by atoms with Crippen LogP contribution in [0.2, 0.25) is 5.02 Å². The first kappa shape index (κ1) is 14.2. The number of rotatable bonds is 4. The zero-order chi connectivity index (χ0) is 14.5. The maximum Gasteiger partial charge on any atom is 0.0642 e. The van der Waals surface area contributed by atoms with E-state index < -0.39 is 0 Å². The third kappa shape index (κ3) is 3.69. The van der Waals surface area contributed by atoms with Crippen molar-refractivity contribution in [2.45, 2.75) is 6.54 Å². The summed E-state index contributed by atoms with van der Waals surface area (Å²) in [5.41, 5.74) is 3.57. The van der Waals surface area contributed by atoms with Crippen molar-refractivity contribution in [2.75, 3.05) is 36.5 Å². The van der Waals surface area contributed by atoms with Gasteiger partial charge in [0.1, 0.15) is 0 Å². The molecule has 2 aromatic rings.